The fourth-order valence-corrected chi connectivity index (χ4v) is 2.08. The summed E-state index contributed by atoms with van der Waals surface area (Å²) in [5, 5.41) is 9.13. The number of nitrogen functional groups attached to an aromatic ring is 1. The van der Waals surface area contributed by atoms with E-state index in [1.165, 1.54) is 0 Å². The van der Waals surface area contributed by atoms with Crippen LogP contribution in [0, 0.1) is 5.92 Å². The Kier molecular flexibility index (Phi) is 4.73. The highest BCUT2D eigenvalue weighted by Crippen LogP contribution is 2.21. The molecule has 1 aliphatic rings. The molecule has 0 radical (unpaired) electrons. The first-order valence-electron chi connectivity index (χ1n) is 6.73. The Morgan fingerprint density at radius 2 is 2.05 bits per heavy atom. The number of aromatic nitrogens is 3. The summed E-state index contributed by atoms with van der Waals surface area (Å²) in [4.78, 5) is 14.5. The van der Waals surface area contributed by atoms with Gasteiger partial charge in [0, 0.05) is 19.7 Å². The SMILES string of the molecule is CCCOc1nc(N)nc(N2CCC(CO)CC2)n1. The van der Waals surface area contributed by atoms with E-state index in [0.717, 1.165) is 32.4 Å². The Hall–Kier alpha value is -1.63. The van der Waals surface area contributed by atoms with E-state index >= 15 is 0 Å². The predicted molar refractivity (Wildman–Crippen MR) is 72.0 cm³/mol. The molecule has 1 saturated heterocycles. The lowest BCUT2D eigenvalue weighted by atomic mass is 9.98. The van der Waals surface area contributed by atoms with E-state index in [9.17, 15) is 0 Å². The van der Waals surface area contributed by atoms with Gasteiger partial charge in [0.15, 0.2) is 0 Å². The van der Waals surface area contributed by atoms with Crippen molar-refractivity contribution in [2.75, 3.05) is 36.9 Å². The normalized spacial score (nSPS) is 16.6. The van der Waals surface area contributed by atoms with Crippen molar-refractivity contribution in [3.05, 3.63) is 0 Å². The number of rotatable bonds is 5. The molecule has 0 spiro atoms. The van der Waals surface area contributed by atoms with E-state index in [1.54, 1.807) is 0 Å². The van der Waals surface area contributed by atoms with Crippen molar-refractivity contribution in [1.29, 1.82) is 0 Å². The molecular weight excluding hydrogens is 246 g/mol. The summed E-state index contributed by atoms with van der Waals surface area (Å²) >= 11 is 0. The van der Waals surface area contributed by atoms with Gasteiger partial charge in [-0.15, -0.1) is 0 Å². The fraction of sp³-hybridized carbons (Fsp3) is 0.750. The molecule has 1 aromatic heterocycles. The number of ether oxygens (including phenoxy) is 1. The summed E-state index contributed by atoms with van der Waals surface area (Å²) in [6.45, 7) is 4.47. The van der Waals surface area contributed by atoms with Crippen LogP contribution >= 0.6 is 0 Å². The van der Waals surface area contributed by atoms with Crippen LogP contribution in [0.1, 0.15) is 26.2 Å². The van der Waals surface area contributed by atoms with Crippen molar-refractivity contribution < 1.29 is 9.84 Å². The zero-order chi connectivity index (χ0) is 13.7. The van der Waals surface area contributed by atoms with E-state index in [1.807, 2.05) is 6.92 Å². The number of piperidine rings is 1. The van der Waals surface area contributed by atoms with Crippen LogP contribution in [0.5, 0.6) is 6.01 Å². The van der Waals surface area contributed by atoms with Crippen molar-refractivity contribution in [1.82, 2.24) is 15.0 Å². The Morgan fingerprint density at radius 3 is 2.68 bits per heavy atom. The molecule has 7 heteroatoms. The fourth-order valence-electron chi connectivity index (χ4n) is 2.08. The smallest absolute Gasteiger partial charge is 0.323 e. The van der Waals surface area contributed by atoms with Gasteiger partial charge in [0.25, 0.3) is 0 Å². The average Bonchev–Trinajstić information content (AvgIpc) is 2.44. The Morgan fingerprint density at radius 1 is 1.32 bits per heavy atom. The zero-order valence-electron chi connectivity index (χ0n) is 11.2. The van der Waals surface area contributed by atoms with Crippen LogP contribution in [-0.2, 0) is 0 Å². The van der Waals surface area contributed by atoms with Crippen LogP contribution in [0.2, 0.25) is 0 Å². The molecule has 1 fully saturated rings. The molecule has 19 heavy (non-hydrogen) atoms. The quantitative estimate of drug-likeness (QED) is 0.799. The lowest BCUT2D eigenvalue weighted by molar-refractivity contribution is 0.202. The average molecular weight is 267 g/mol. The highest BCUT2D eigenvalue weighted by Gasteiger charge is 2.21. The number of anilines is 2. The van der Waals surface area contributed by atoms with Crippen molar-refractivity contribution >= 4 is 11.9 Å². The van der Waals surface area contributed by atoms with Crippen molar-refractivity contribution in [3.8, 4) is 6.01 Å². The Labute approximate surface area is 112 Å². The lowest BCUT2D eigenvalue weighted by Gasteiger charge is -2.31. The van der Waals surface area contributed by atoms with Crippen LogP contribution in [0.25, 0.3) is 0 Å². The summed E-state index contributed by atoms with van der Waals surface area (Å²) in [5.74, 6) is 1.13. The maximum absolute atomic E-state index is 9.13. The molecule has 106 valence electrons. The number of aliphatic hydroxyl groups is 1. The minimum Gasteiger partial charge on any atom is -0.463 e. The maximum atomic E-state index is 9.13. The molecule has 0 saturated carbocycles. The first kappa shape index (κ1) is 13.8. The minimum atomic E-state index is 0.181. The van der Waals surface area contributed by atoms with Crippen LogP contribution in [-0.4, -0.2) is 46.4 Å². The Bertz CT molecular complexity index is 407. The van der Waals surface area contributed by atoms with Gasteiger partial charge in [-0.3, -0.25) is 0 Å². The summed E-state index contributed by atoms with van der Waals surface area (Å²) in [6, 6.07) is 0.286. The topological polar surface area (TPSA) is 97.4 Å². The first-order chi connectivity index (χ1) is 9.22. The van der Waals surface area contributed by atoms with Gasteiger partial charge < -0.3 is 20.5 Å². The van der Waals surface area contributed by atoms with Gasteiger partial charge >= 0.3 is 6.01 Å². The molecule has 0 bridgehead atoms. The van der Waals surface area contributed by atoms with Gasteiger partial charge in [-0.05, 0) is 25.2 Å². The summed E-state index contributed by atoms with van der Waals surface area (Å²) in [7, 11) is 0. The second-order valence-electron chi connectivity index (χ2n) is 4.74. The highest BCUT2D eigenvalue weighted by molar-refractivity contribution is 5.36. The number of nitrogens with two attached hydrogens (primary N) is 1. The second kappa shape index (κ2) is 6.51. The minimum absolute atomic E-state index is 0.181. The monoisotopic (exact) mass is 267 g/mol. The summed E-state index contributed by atoms with van der Waals surface area (Å²) in [6.07, 6.45) is 2.77. The predicted octanol–water partition coefficient (Wildman–Crippen LogP) is 0.451. The number of nitrogens with zero attached hydrogens (tertiary/aromatic N) is 4. The van der Waals surface area contributed by atoms with E-state index in [-0.39, 0.29) is 18.6 Å². The molecular formula is C12H21N5O2. The molecule has 0 aromatic carbocycles. The molecule has 0 aliphatic carbocycles. The number of hydrogen-bond donors (Lipinski definition) is 2. The molecule has 0 unspecified atom stereocenters. The van der Waals surface area contributed by atoms with Gasteiger partial charge in [0.05, 0.1) is 6.61 Å². The van der Waals surface area contributed by atoms with E-state index in [4.69, 9.17) is 15.6 Å². The van der Waals surface area contributed by atoms with Crippen molar-refractivity contribution in [2.45, 2.75) is 26.2 Å². The summed E-state index contributed by atoms with van der Waals surface area (Å²) in [5.41, 5.74) is 5.68. The molecule has 3 N–H and O–H groups in total. The molecule has 1 aliphatic heterocycles. The van der Waals surface area contributed by atoms with Gasteiger partial charge in [-0.1, -0.05) is 6.92 Å². The van der Waals surface area contributed by atoms with Crippen LogP contribution in [0.15, 0.2) is 0 Å². The molecule has 2 rings (SSSR count). The first-order valence-corrected chi connectivity index (χ1v) is 6.73. The van der Waals surface area contributed by atoms with Gasteiger partial charge in [-0.2, -0.15) is 15.0 Å². The zero-order valence-corrected chi connectivity index (χ0v) is 11.2. The Balaban J connectivity index is 2.05. The van der Waals surface area contributed by atoms with Crippen LogP contribution in [0.3, 0.4) is 0 Å². The van der Waals surface area contributed by atoms with Crippen molar-refractivity contribution in [3.63, 3.8) is 0 Å². The van der Waals surface area contributed by atoms with Gasteiger partial charge in [-0.25, -0.2) is 0 Å². The standard InChI is InChI=1S/C12H21N5O2/c1-2-7-19-12-15-10(13)14-11(16-12)17-5-3-9(8-18)4-6-17/h9,18H,2-8H2,1H3,(H2,13,14,15,16). The third-order valence-electron chi connectivity index (χ3n) is 3.21. The molecule has 1 aromatic rings. The number of aliphatic hydroxyl groups excluding tert-OH is 1. The van der Waals surface area contributed by atoms with E-state index in [2.05, 4.69) is 19.9 Å². The lowest BCUT2D eigenvalue weighted by Crippen LogP contribution is -2.36. The van der Waals surface area contributed by atoms with Crippen LogP contribution < -0.4 is 15.4 Å². The third-order valence-corrected chi connectivity index (χ3v) is 3.21. The van der Waals surface area contributed by atoms with Crippen LogP contribution in [0.4, 0.5) is 11.9 Å². The molecule has 0 atom stereocenters. The highest BCUT2D eigenvalue weighted by atomic mass is 16.5. The number of hydrogen-bond acceptors (Lipinski definition) is 7. The molecule has 7 nitrogen and oxygen atoms in total. The van der Waals surface area contributed by atoms with Gasteiger partial charge in [0.1, 0.15) is 0 Å². The maximum Gasteiger partial charge on any atom is 0.323 e. The van der Waals surface area contributed by atoms with Gasteiger partial charge in [0.2, 0.25) is 11.9 Å². The summed E-state index contributed by atoms with van der Waals surface area (Å²) < 4.78 is 5.40. The molecule has 2 heterocycles. The van der Waals surface area contributed by atoms with E-state index in [0.29, 0.717) is 18.5 Å². The largest absolute Gasteiger partial charge is 0.463 e. The van der Waals surface area contributed by atoms with Crippen molar-refractivity contribution in [2.24, 2.45) is 5.92 Å². The third kappa shape index (κ3) is 3.66. The van der Waals surface area contributed by atoms with E-state index < -0.39 is 0 Å². The molecule has 0 amide bonds. The second-order valence-corrected chi connectivity index (χ2v) is 4.74.